The van der Waals surface area contributed by atoms with Crippen LogP contribution >= 0.6 is 11.6 Å². The minimum Gasteiger partial charge on any atom is -0.445 e. The number of likely N-dealkylation sites (tertiary alicyclic amines) is 1. The highest BCUT2D eigenvalue weighted by atomic mass is 35.5. The van der Waals surface area contributed by atoms with Crippen molar-refractivity contribution >= 4 is 17.5 Å². The number of amides is 1. The zero-order valence-corrected chi connectivity index (χ0v) is 18.5. The number of pyridine rings is 1. The molecule has 0 saturated carbocycles. The number of likely N-dealkylation sites (N-methyl/N-ethyl adjacent to an activating group) is 1. The average Bonchev–Trinajstić information content (AvgIpc) is 3.25. The van der Waals surface area contributed by atoms with Gasteiger partial charge in [0.15, 0.2) is 5.89 Å². The standard InChI is InChI=1S/C24H27ClN4O2/c1-28(16-20-9-4-5-11-26-20)17-23(30)29-12-6-8-19(15-29)24-27-14-21(31-24)13-18-7-2-3-10-22(18)25/h2-5,7,9-11,14,19H,6,8,12-13,15-17H2,1H3/t19-/m1/s1. The number of rotatable bonds is 7. The Labute approximate surface area is 187 Å². The Morgan fingerprint density at radius 3 is 2.87 bits per heavy atom. The number of hydrogen-bond acceptors (Lipinski definition) is 5. The number of oxazole rings is 1. The minimum atomic E-state index is 0.124. The fourth-order valence-corrected chi connectivity index (χ4v) is 4.19. The first-order valence-electron chi connectivity index (χ1n) is 10.6. The summed E-state index contributed by atoms with van der Waals surface area (Å²) in [5.74, 6) is 1.76. The van der Waals surface area contributed by atoms with E-state index in [1.165, 1.54) is 0 Å². The van der Waals surface area contributed by atoms with Crippen molar-refractivity contribution in [3.63, 3.8) is 0 Å². The lowest BCUT2D eigenvalue weighted by Crippen LogP contribution is -2.43. The van der Waals surface area contributed by atoms with Crippen LogP contribution in [0.3, 0.4) is 0 Å². The highest BCUT2D eigenvalue weighted by molar-refractivity contribution is 6.31. The molecule has 0 bridgehead atoms. The van der Waals surface area contributed by atoms with E-state index in [1.54, 1.807) is 12.4 Å². The fraction of sp³-hybridized carbons (Fsp3) is 0.375. The average molecular weight is 439 g/mol. The third-order valence-corrected chi connectivity index (χ3v) is 5.95. The first-order valence-corrected chi connectivity index (χ1v) is 11.0. The van der Waals surface area contributed by atoms with Gasteiger partial charge in [-0.05, 0) is 43.7 Å². The molecule has 1 aromatic carbocycles. The fourth-order valence-electron chi connectivity index (χ4n) is 3.98. The van der Waals surface area contributed by atoms with Crippen LogP contribution in [-0.4, -0.2) is 52.4 Å². The van der Waals surface area contributed by atoms with Gasteiger partial charge in [-0.15, -0.1) is 0 Å². The Morgan fingerprint density at radius 2 is 2.06 bits per heavy atom. The van der Waals surface area contributed by atoms with Crippen LogP contribution in [0, 0.1) is 0 Å². The Balaban J connectivity index is 1.33. The van der Waals surface area contributed by atoms with Gasteiger partial charge in [-0.25, -0.2) is 4.98 Å². The molecule has 2 aromatic heterocycles. The molecule has 3 heterocycles. The molecule has 1 aliphatic heterocycles. The Hall–Kier alpha value is -2.70. The smallest absolute Gasteiger partial charge is 0.236 e. The summed E-state index contributed by atoms with van der Waals surface area (Å²) in [4.78, 5) is 25.6. The van der Waals surface area contributed by atoms with E-state index >= 15 is 0 Å². The van der Waals surface area contributed by atoms with Gasteiger partial charge in [0, 0.05) is 37.3 Å². The van der Waals surface area contributed by atoms with Gasteiger partial charge in [0.05, 0.1) is 24.4 Å². The maximum absolute atomic E-state index is 12.9. The molecule has 0 aliphatic carbocycles. The second kappa shape index (κ2) is 10.1. The van der Waals surface area contributed by atoms with Crippen molar-refractivity contribution in [3.8, 4) is 0 Å². The molecule has 1 aliphatic rings. The van der Waals surface area contributed by atoms with Gasteiger partial charge in [0.25, 0.3) is 0 Å². The van der Waals surface area contributed by atoms with Crippen LogP contribution in [-0.2, 0) is 17.8 Å². The number of halogens is 1. The van der Waals surface area contributed by atoms with Crippen molar-refractivity contribution < 1.29 is 9.21 Å². The van der Waals surface area contributed by atoms with Crippen molar-refractivity contribution in [1.82, 2.24) is 19.8 Å². The van der Waals surface area contributed by atoms with E-state index < -0.39 is 0 Å². The van der Waals surface area contributed by atoms with E-state index in [-0.39, 0.29) is 11.8 Å². The highest BCUT2D eigenvalue weighted by Crippen LogP contribution is 2.28. The first-order chi connectivity index (χ1) is 15.1. The SMILES string of the molecule is CN(CC(=O)N1CCC[C@@H](c2ncc(Cc3ccccc3Cl)o2)C1)Cc1ccccn1. The van der Waals surface area contributed by atoms with E-state index in [0.29, 0.717) is 31.9 Å². The first kappa shape index (κ1) is 21.5. The van der Waals surface area contributed by atoms with Crippen LogP contribution in [0.25, 0.3) is 0 Å². The molecule has 6 nitrogen and oxygen atoms in total. The van der Waals surface area contributed by atoms with Crippen molar-refractivity contribution in [2.75, 3.05) is 26.7 Å². The van der Waals surface area contributed by atoms with E-state index in [1.807, 2.05) is 59.3 Å². The van der Waals surface area contributed by atoms with Crippen molar-refractivity contribution in [2.24, 2.45) is 0 Å². The van der Waals surface area contributed by atoms with Crippen molar-refractivity contribution in [2.45, 2.75) is 31.7 Å². The normalized spacial score (nSPS) is 16.6. The van der Waals surface area contributed by atoms with Crippen LogP contribution in [0.2, 0.25) is 5.02 Å². The second-order valence-corrected chi connectivity index (χ2v) is 8.51. The van der Waals surface area contributed by atoms with Gasteiger partial charge >= 0.3 is 0 Å². The van der Waals surface area contributed by atoms with Crippen LogP contribution in [0.15, 0.2) is 59.3 Å². The lowest BCUT2D eigenvalue weighted by Gasteiger charge is -2.32. The highest BCUT2D eigenvalue weighted by Gasteiger charge is 2.28. The van der Waals surface area contributed by atoms with Gasteiger partial charge in [-0.2, -0.15) is 0 Å². The summed E-state index contributed by atoms with van der Waals surface area (Å²) in [6, 6.07) is 13.6. The van der Waals surface area contributed by atoms with Crippen LogP contribution in [0.5, 0.6) is 0 Å². The molecule has 3 aromatic rings. The topological polar surface area (TPSA) is 62.5 Å². The summed E-state index contributed by atoms with van der Waals surface area (Å²) < 4.78 is 6.04. The molecule has 7 heteroatoms. The van der Waals surface area contributed by atoms with Gasteiger partial charge in [0.1, 0.15) is 5.76 Å². The molecule has 0 unspecified atom stereocenters. The number of hydrogen-bond donors (Lipinski definition) is 0. The third-order valence-electron chi connectivity index (χ3n) is 5.58. The zero-order valence-electron chi connectivity index (χ0n) is 17.7. The molecule has 1 atom stereocenters. The molecule has 1 saturated heterocycles. The van der Waals surface area contributed by atoms with Gasteiger partial charge in [0.2, 0.25) is 5.91 Å². The molecule has 31 heavy (non-hydrogen) atoms. The van der Waals surface area contributed by atoms with Crippen molar-refractivity contribution in [1.29, 1.82) is 0 Å². The van der Waals surface area contributed by atoms with Crippen LogP contribution in [0.1, 0.15) is 41.7 Å². The molecule has 1 amide bonds. The molecular formula is C24H27ClN4O2. The summed E-state index contributed by atoms with van der Waals surface area (Å²) >= 11 is 6.26. The van der Waals surface area contributed by atoms with Crippen LogP contribution in [0.4, 0.5) is 0 Å². The minimum absolute atomic E-state index is 0.124. The molecule has 4 rings (SSSR count). The number of benzene rings is 1. The van der Waals surface area contributed by atoms with E-state index in [9.17, 15) is 4.79 Å². The zero-order chi connectivity index (χ0) is 21.6. The van der Waals surface area contributed by atoms with Gasteiger partial charge in [-0.1, -0.05) is 35.9 Å². The number of nitrogens with zero attached hydrogens (tertiary/aromatic N) is 4. The predicted molar refractivity (Wildman–Crippen MR) is 120 cm³/mol. The number of aromatic nitrogens is 2. The molecule has 1 fully saturated rings. The van der Waals surface area contributed by atoms with E-state index in [2.05, 4.69) is 9.97 Å². The number of carbonyl (C=O) groups excluding carboxylic acids is 1. The quantitative estimate of drug-likeness (QED) is 0.554. The summed E-state index contributed by atoms with van der Waals surface area (Å²) in [5.41, 5.74) is 1.98. The van der Waals surface area contributed by atoms with E-state index in [4.69, 9.17) is 16.0 Å². The molecule has 0 N–H and O–H groups in total. The predicted octanol–water partition coefficient (Wildman–Crippen LogP) is 4.15. The summed E-state index contributed by atoms with van der Waals surface area (Å²) in [6.07, 6.45) is 6.08. The number of carbonyl (C=O) groups is 1. The Bertz CT molecular complexity index is 1010. The maximum Gasteiger partial charge on any atom is 0.236 e. The van der Waals surface area contributed by atoms with Gasteiger partial charge < -0.3 is 9.32 Å². The second-order valence-electron chi connectivity index (χ2n) is 8.11. The molecule has 162 valence electrons. The van der Waals surface area contributed by atoms with Crippen molar-refractivity contribution in [3.05, 3.63) is 82.8 Å². The summed E-state index contributed by atoms with van der Waals surface area (Å²) in [7, 11) is 1.95. The van der Waals surface area contributed by atoms with Crippen LogP contribution < -0.4 is 0 Å². The van der Waals surface area contributed by atoms with Gasteiger partial charge in [-0.3, -0.25) is 14.7 Å². The molecule has 0 radical (unpaired) electrons. The maximum atomic E-state index is 12.9. The Kier molecular flexibility index (Phi) is 6.99. The monoisotopic (exact) mass is 438 g/mol. The third kappa shape index (κ3) is 5.71. The lowest BCUT2D eigenvalue weighted by atomic mass is 9.98. The molecule has 0 spiro atoms. The lowest BCUT2D eigenvalue weighted by molar-refractivity contribution is -0.133. The summed E-state index contributed by atoms with van der Waals surface area (Å²) in [5, 5.41) is 0.727. The largest absolute Gasteiger partial charge is 0.445 e. The van der Waals surface area contributed by atoms with E-state index in [0.717, 1.165) is 41.4 Å². The Morgan fingerprint density at radius 1 is 1.23 bits per heavy atom. The number of piperidine rings is 1. The molecular weight excluding hydrogens is 412 g/mol. The summed E-state index contributed by atoms with van der Waals surface area (Å²) in [6.45, 7) is 2.43.